The second-order valence-corrected chi connectivity index (χ2v) is 9.89. The van der Waals surface area contributed by atoms with E-state index in [9.17, 15) is 0 Å². The van der Waals surface area contributed by atoms with Crippen molar-refractivity contribution in [2.45, 2.75) is 90.1 Å². The fraction of sp³-hybridized carbons (Fsp3) is 0.640. The predicted octanol–water partition coefficient (Wildman–Crippen LogP) is 3.96. The van der Waals surface area contributed by atoms with E-state index >= 15 is 0 Å². The number of fused-ring (bicyclic) bond motifs is 2. The molecule has 0 spiro atoms. The minimum atomic E-state index is -0.732. The number of hydrogen-bond donors (Lipinski definition) is 0. The molecule has 6 rings (SSSR count). The average Bonchev–Trinajstić information content (AvgIpc) is 3.60. The number of ether oxygens (including phenoxy) is 5. The van der Waals surface area contributed by atoms with Crippen LogP contribution in [0, 0.1) is 6.92 Å². The summed E-state index contributed by atoms with van der Waals surface area (Å²) in [5.74, 6) is -0.732. The Labute approximate surface area is 204 Å². The molecule has 3 aliphatic rings. The maximum absolute atomic E-state index is 6.74. The summed E-state index contributed by atoms with van der Waals surface area (Å²) >= 11 is 0. The minimum Gasteiger partial charge on any atom is -0.375 e. The van der Waals surface area contributed by atoms with E-state index in [1.807, 2.05) is 49.2 Å². The lowest BCUT2D eigenvalue weighted by atomic mass is 10.1. The van der Waals surface area contributed by atoms with Gasteiger partial charge in [0, 0.05) is 24.8 Å². The molecule has 188 valence electrons. The first-order chi connectivity index (χ1) is 16.9. The normalized spacial score (nSPS) is 30.2. The van der Waals surface area contributed by atoms with Crippen molar-refractivity contribution in [1.29, 1.82) is 0 Å². The van der Waals surface area contributed by atoms with Crippen LogP contribution in [0.2, 0.25) is 0 Å². The van der Waals surface area contributed by atoms with Crippen LogP contribution in [0.15, 0.2) is 24.7 Å². The van der Waals surface area contributed by atoms with Gasteiger partial charge in [0.05, 0.1) is 23.7 Å². The van der Waals surface area contributed by atoms with E-state index in [1.165, 1.54) is 0 Å². The van der Waals surface area contributed by atoms with Crippen molar-refractivity contribution in [3.63, 3.8) is 0 Å². The smallest absolute Gasteiger partial charge is 0.165 e. The van der Waals surface area contributed by atoms with E-state index in [0.717, 1.165) is 54.0 Å². The molecule has 3 aromatic heterocycles. The van der Waals surface area contributed by atoms with Gasteiger partial charge in [0.1, 0.15) is 30.3 Å². The lowest BCUT2D eigenvalue weighted by Gasteiger charge is -2.28. The maximum atomic E-state index is 6.74. The zero-order valence-electron chi connectivity index (χ0n) is 20.7. The lowest BCUT2D eigenvalue weighted by molar-refractivity contribution is -0.198. The number of aryl methyl sites for hydroxylation is 1. The van der Waals surface area contributed by atoms with E-state index in [1.54, 1.807) is 6.33 Å². The molecule has 0 bridgehead atoms. The van der Waals surface area contributed by atoms with Gasteiger partial charge in [-0.15, -0.1) is 0 Å². The molecule has 3 saturated heterocycles. The monoisotopic (exact) mass is 483 g/mol. The van der Waals surface area contributed by atoms with Crippen LogP contribution in [0.25, 0.3) is 11.0 Å². The molecule has 0 radical (unpaired) electrons. The van der Waals surface area contributed by atoms with Crippen molar-refractivity contribution in [2.75, 3.05) is 13.2 Å². The van der Waals surface area contributed by atoms with Crippen LogP contribution in [-0.4, -0.2) is 55.5 Å². The fourth-order valence-corrected chi connectivity index (χ4v) is 5.44. The molecular weight excluding hydrogens is 450 g/mol. The summed E-state index contributed by atoms with van der Waals surface area (Å²) in [6.07, 6.45) is 5.11. The van der Waals surface area contributed by atoms with Crippen molar-refractivity contribution in [3.8, 4) is 0 Å². The highest BCUT2D eigenvalue weighted by Crippen LogP contribution is 2.50. The van der Waals surface area contributed by atoms with Gasteiger partial charge in [-0.05, 0) is 59.1 Å². The van der Waals surface area contributed by atoms with Gasteiger partial charge >= 0.3 is 0 Å². The van der Waals surface area contributed by atoms with Crippen LogP contribution >= 0.6 is 0 Å². The summed E-state index contributed by atoms with van der Waals surface area (Å²) in [5.41, 5.74) is 3.52. The fourth-order valence-electron chi connectivity index (χ4n) is 5.44. The third kappa shape index (κ3) is 4.07. The summed E-state index contributed by atoms with van der Waals surface area (Å²) in [5, 5.41) is 5.87. The largest absolute Gasteiger partial charge is 0.375 e. The molecule has 10 heteroatoms. The predicted molar refractivity (Wildman–Crippen MR) is 125 cm³/mol. The standard InChI is InChI=1S/C25H33N5O5/c1-5-31-13-16-12-18(30(28-16)19-8-6-7-11-32-19)20-21-22(35-25(3,4)34-21)24(33-20)29-10-9-17-15(2)26-14-27-23(17)29/h9-10,12,14,19-22,24H,5-8,11,13H2,1-4H3/t19?,20-,21+,22+,24+/m0/s1. The van der Waals surface area contributed by atoms with E-state index < -0.39 is 12.0 Å². The summed E-state index contributed by atoms with van der Waals surface area (Å²) in [6.45, 7) is 9.65. The van der Waals surface area contributed by atoms with E-state index in [0.29, 0.717) is 13.2 Å². The highest BCUT2D eigenvalue weighted by Gasteiger charge is 2.57. The van der Waals surface area contributed by atoms with Crippen LogP contribution in [-0.2, 0) is 30.3 Å². The van der Waals surface area contributed by atoms with Gasteiger partial charge in [0.15, 0.2) is 18.2 Å². The highest BCUT2D eigenvalue weighted by atomic mass is 16.8. The van der Waals surface area contributed by atoms with Crippen molar-refractivity contribution in [2.24, 2.45) is 0 Å². The Morgan fingerprint density at radius 2 is 2.03 bits per heavy atom. The first kappa shape index (κ1) is 23.1. The van der Waals surface area contributed by atoms with Crippen LogP contribution in [0.5, 0.6) is 0 Å². The second-order valence-electron chi connectivity index (χ2n) is 9.89. The van der Waals surface area contributed by atoms with Crippen molar-refractivity contribution in [1.82, 2.24) is 24.3 Å². The van der Waals surface area contributed by atoms with Gasteiger partial charge < -0.3 is 28.3 Å². The Hall–Kier alpha value is -2.37. The Balaban J connectivity index is 1.40. The molecule has 3 aliphatic heterocycles. The summed E-state index contributed by atoms with van der Waals surface area (Å²) in [7, 11) is 0. The van der Waals surface area contributed by atoms with Gasteiger partial charge in [-0.25, -0.2) is 14.6 Å². The first-order valence-corrected chi connectivity index (χ1v) is 12.5. The molecule has 6 heterocycles. The lowest BCUT2D eigenvalue weighted by Crippen LogP contribution is -2.28. The third-order valence-electron chi connectivity index (χ3n) is 7.00. The molecule has 0 N–H and O–H groups in total. The van der Waals surface area contributed by atoms with Crippen LogP contribution in [0.4, 0.5) is 0 Å². The number of rotatable bonds is 6. The van der Waals surface area contributed by atoms with Gasteiger partial charge in [0.25, 0.3) is 0 Å². The molecular formula is C25H33N5O5. The van der Waals surface area contributed by atoms with Crippen molar-refractivity contribution >= 4 is 11.0 Å². The minimum absolute atomic E-state index is 0.131. The number of hydrogen-bond acceptors (Lipinski definition) is 8. The maximum Gasteiger partial charge on any atom is 0.165 e. The second kappa shape index (κ2) is 8.94. The molecule has 0 aliphatic carbocycles. The third-order valence-corrected chi connectivity index (χ3v) is 7.00. The quantitative estimate of drug-likeness (QED) is 0.520. The van der Waals surface area contributed by atoms with Gasteiger partial charge in [-0.3, -0.25) is 0 Å². The highest BCUT2D eigenvalue weighted by molar-refractivity contribution is 5.78. The molecule has 0 amide bonds. The average molecular weight is 484 g/mol. The number of aromatic nitrogens is 5. The van der Waals surface area contributed by atoms with Gasteiger partial charge in [-0.2, -0.15) is 5.10 Å². The summed E-state index contributed by atoms with van der Waals surface area (Å²) < 4.78 is 35.4. The van der Waals surface area contributed by atoms with E-state index in [2.05, 4.69) is 16.0 Å². The Morgan fingerprint density at radius 1 is 1.17 bits per heavy atom. The molecule has 5 atom stereocenters. The van der Waals surface area contributed by atoms with Crippen LogP contribution in [0.1, 0.15) is 75.7 Å². The van der Waals surface area contributed by atoms with E-state index in [4.69, 9.17) is 28.8 Å². The molecule has 3 fully saturated rings. The summed E-state index contributed by atoms with van der Waals surface area (Å²) in [4.78, 5) is 8.88. The molecule has 35 heavy (non-hydrogen) atoms. The molecule has 10 nitrogen and oxygen atoms in total. The van der Waals surface area contributed by atoms with Crippen molar-refractivity contribution in [3.05, 3.63) is 41.7 Å². The van der Waals surface area contributed by atoms with E-state index in [-0.39, 0.29) is 24.5 Å². The first-order valence-electron chi connectivity index (χ1n) is 12.5. The zero-order valence-corrected chi connectivity index (χ0v) is 20.7. The summed E-state index contributed by atoms with van der Waals surface area (Å²) in [6, 6.07) is 4.09. The Morgan fingerprint density at radius 3 is 2.83 bits per heavy atom. The SMILES string of the molecule is CCOCc1cc([C@@H]2O[C@@H](n3ccc4c(C)ncnc43)[C@@H]3OC(C)(C)O[C@@H]32)n(C2CCCCO2)n1. The Kier molecular flexibility index (Phi) is 5.89. The van der Waals surface area contributed by atoms with Gasteiger partial charge in [0.2, 0.25) is 0 Å². The topological polar surface area (TPSA) is 94.7 Å². The van der Waals surface area contributed by atoms with Gasteiger partial charge in [-0.1, -0.05) is 0 Å². The van der Waals surface area contributed by atoms with Crippen LogP contribution < -0.4 is 0 Å². The number of nitrogens with zero attached hydrogens (tertiary/aromatic N) is 5. The molecule has 3 aromatic rings. The van der Waals surface area contributed by atoms with Crippen molar-refractivity contribution < 1.29 is 23.7 Å². The molecule has 0 aromatic carbocycles. The zero-order chi connectivity index (χ0) is 24.2. The Bertz CT molecular complexity index is 1200. The van der Waals surface area contributed by atoms with Crippen LogP contribution in [0.3, 0.4) is 0 Å². The molecule has 1 unspecified atom stereocenters. The molecule has 0 saturated carbocycles.